The topological polar surface area (TPSA) is 319 Å². The van der Waals surface area contributed by atoms with Gasteiger partial charge in [0, 0.05) is 61.3 Å². The molecule has 7 N–H and O–H groups in total. The molecule has 8 amide bonds. The number of nitrogens with two attached hydrogens (primary N) is 1. The molecule has 10 atom stereocenters. The van der Waals surface area contributed by atoms with Crippen molar-refractivity contribution in [3.8, 4) is 0 Å². The normalized spacial score (nSPS) is 29.0. The highest BCUT2D eigenvalue weighted by molar-refractivity contribution is 6.12. The molecule has 0 radical (unpaired) electrons. The van der Waals surface area contributed by atoms with Crippen molar-refractivity contribution in [3.63, 3.8) is 0 Å². The largest absolute Gasteiger partial charge is 0.463 e. The number of cyclic esters (lactones) is 2. The summed E-state index contributed by atoms with van der Waals surface area (Å²) in [4.78, 5) is 130. The summed E-state index contributed by atoms with van der Waals surface area (Å²) in [6.07, 6.45) is 10.8. The van der Waals surface area contributed by atoms with Crippen molar-refractivity contribution in [1.29, 1.82) is 0 Å². The summed E-state index contributed by atoms with van der Waals surface area (Å²) in [6.45, 7) is 9.45. The van der Waals surface area contributed by atoms with Gasteiger partial charge in [0.05, 0.1) is 30.8 Å². The predicted molar refractivity (Wildman–Crippen MR) is 281 cm³/mol. The van der Waals surface area contributed by atoms with Gasteiger partial charge in [0.2, 0.25) is 17.7 Å². The van der Waals surface area contributed by atoms with E-state index in [2.05, 4.69) is 26.6 Å². The Labute approximate surface area is 458 Å². The van der Waals surface area contributed by atoms with Crippen LogP contribution in [0.4, 0.5) is 15.3 Å². The molecule has 23 heteroatoms. The minimum absolute atomic E-state index is 0.0859. The average Bonchev–Trinajstić information content (AvgIpc) is 1.94. The van der Waals surface area contributed by atoms with E-state index in [0.29, 0.717) is 56.4 Å². The number of carbonyl (C=O) groups is 10. The molecule has 23 nitrogen and oxygen atoms in total. The number of amides is 8. The number of urea groups is 1. The minimum Gasteiger partial charge on any atom is -0.463 e. The molecule has 2 aliphatic carbocycles. The smallest absolute Gasteiger partial charge is 0.408 e. The molecule has 4 heterocycles. The van der Waals surface area contributed by atoms with Crippen LogP contribution in [0.1, 0.15) is 104 Å². The lowest BCUT2D eigenvalue weighted by molar-refractivity contribution is -0.233. The van der Waals surface area contributed by atoms with E-state index in [-0.39, 0.29) is 88.3 Å². The number of benzene rings is 1. The molecule has 1 aromatic rings. The van der Waals surface area contributed by atoms with Crippen LogP contribution in [0.3, 0.4) is 0 Å². The molecule has 428 valence electrons. The second-order valence-electron chi connectivity index (χ2n) is 21.7. The van der Waals surface area contributed by atoms with Crippen molar-refractivity contribution < 1.29 is 76.4 Å². The maximum absolute atomic E-state index is 14.4. The van der Waals surface area contributed by atoms with Crippen LogP contribution >= 0.6 is 0 Å². The predicted octanol–water partition coefficient (Wildman–Crippen LogP) is 3.60. The molecule has 1 saturated carbocycles. The molecule has 0 aromatic heterocycles. The van der Waals surface area contributed by atoms with E-state index in [1.165, 1.54) is 30.4 Å². The second-order valence-corrected chi connectivity index (χ2v) is 21.7. The Morgan fingerprint density at radius 3 is 2.25 bits per heavy atom. The number of alkyl carbamates (subject to hydrolysis) is 1. The summed E-state index contributed by atoms with van der Waals surface area (Å²) < 4.78 is 36.3. The van der Waals surface area contributed by atoms with Gasteiger partial charge in [0.15, 0.2) is 0 Å². The van der Waals surface area contributed by atoms with Gasteiger partial charge in [-0.05, 0) is 81.4 Å². The zero-order chi connectivity index (χ0) is 57.1. The second kappa shape index (κ2) is 26.0. The Morgan fingerprint density at radius 2 is 1.57 bits per heavy atom. The maximum Gasteiger partial charge on any atom is 0.408 e. The van der Waals surface area contributed by atoms with Gasteiger partial charge in [0.1, 0.15) is 43.0 Å². The monoisotopic (exact) mass is 1100 g/mol. The highest BCUT2D eigenvalue weighted by atomic mass is 16.6. The number of primary amides is 1. The van der Waals surface area contributed by atoms with Gasteiger partial charge in [-0.1, -0.05) is 70.0 Å². The number of hydrogen-bond donors (Lipinski definition) is 6. The summed E-state index contributed by atoms with van der Waals surface area (Å²) in [5.74, 6) is -5.39. The van der Waals surface area contributed by atoms with Crippen LogP contribution in [-0.4, -0.2) is 139 Å². The summed E-state index contributed by atoms with van der Waals surface area (Å²) in [5.41, 5.74) is 4.66. The van der Waals surface area contributed by atoms with Crippen LogP contribution in [-0.2, 0) is 73.4 Å². The molecule has 4 aliphatic heterocycles. The van der Waals surface area contributed by atoms with Gasteiger partial charge in [-0.2, -0.15) is 0 Å². The van der Waals surface area contributed by atoms with Crippen molar-refractivity contribution in [3.05, 3.63) is 77.9 Å². The van der Waals surface area contributed by atoms with Gasteiger partial charge in [-0.3, -0.25) is 28.9 Å². The van der Waals surface area contributed by atoms with Crippen molar-refractivity contribution >= 4 is 65.3 Å². The SMILES string of the molecule is CC1=CC2O[C@@H]3C[C@H]4OC(=O)/C=C\C=C\C(=O)OCC[C@@H](C)[C@@H](NC(=O)OCc5ccc(NC(=O)[C@H](CCCNC(N)=O)NC(=O)[C@@H](NC(=O)CCCCCN6C(=O)C=CC6=O)C(C)C)cc5)C(=O)OC[C@@]2(CC1)[C@]4(C)[C@]31CO1. The number of imide groups is 1. The quantitative estimate of drug-likeness (QED) is 0.0288. The first kappa shape index (κ1) is 59.3. The number of hydrogen-bond acceptors (Lipinski definition) is 16. The summed E-state index contributed by atoms with van der Waals surface area (Å²) >= 11 is 0. The first-order chi connectivity index (χ1) is 37.7. The van der Waals surface area contributed by atoms with E-state index in [1.54, 1.807) is 45.0 Å². The number of anilines is 1. The molecule has 79 heavy (non-hydrogen) atoms. The van der Waals surface area contributed by atoms with E-state index < -0.39 is 94.5 Å². The Hall–Kier alpha value is -7.40. The molecule has 2 bridgehead atoms. The van der Waals surface area contributed by atoms with Crippen molar-refractivity contribution in [2.24, 2.45) is 28.4 Å². The number of nitrogens with zero attached hydrogens (tertiary/aromatic N) is 1. The van der Waals surface area contributed by atoms with Crippen LogP contribution in [0.15, 0.2) is 72.4 Å². The van der Waals surface area contributed by atoms with E-state index in [4.69, 9.17) is 34.2 Å². The average molecular weight is 1100 g/mol. The number of unbranched alkanes of at least 4 members (excludes halogenated alkanes) is 2. The third-order valence-corrected chi connectivity index (χ3v) is 16.1. The van der Waals surface area contributed by atoms with Gasteiger partial charge >= 0.3 is 30.0 Å². The fourth-order valence-electron chi connectivity index (χ4n) is 11.3. The Bertz CT molecular complexity index is 2610. The van der Waals surface area contributed by atoms with Crippen molar-refractivity contribution in [1.82, 2.24) is 26.2 Å². The van der Waals surface area contributed by atoms with E-state index in [1.807, 2.05) is 19.9 Å². The number of carbonyl (C=O) groups excluding carboxylic acids is 10. The number of ether oxygens (including phenoxy) is 6. The lowest BCUT2D eigenvalue weighted by Gasteiger charge is -2.58. The van der Waals surface area contributed by atoms with Gasteiger partial charge < -0.3 is 60.7 Å². The fourth-order valence-corrected chi connectivity index (χ4v) is 11.3. The van der Waals surface area contributed by atoms with Crippen LogP contribution in [0, 0.1) is 22.7 Å². The third-order valence-electron chi connectivity index (χ3n) is 16.1. The number of esters is 3. The lowest BCUT2D eigenvalue weighted by atomic mass is 9.51. The minimum atomic E-state index is -1.26. The van der Waals surface area contributed by atoms with Gasteiger partial charge in [-0.15, -0.1) is 0 Å². The van der Waals surface area contributed by atoms with Crippen LogP contribution in [0.5, 0.6) is 0 Å². The zero-order valence-corrected chi connectivity index (χ0v) is 45.3. The van der Waals surface area contributed by atoms with Crippen molar-refractivity contribution in [2.75, 3.05) is 38.2 Å². The van der Waals surface area contributed by atoms with Crippen molar-refractivity contribution in [2.45, 2.75) is 147 Å². The highest BCUT2D eigenvalue weighted by Gasteiger charge is 2.83. The van der Waals surface area contributed by atoms with Gasteiger partial charge in [0.25, 0.3) is 11.8 Å². The molecule has 3 fully saturated rings. The molecular formula is C56H73N7O16. The van der Waals surface area contributed by atoms with Crippen LogP contribution in [0.25, 0.3) is 0 Å². The molecule has 1 unspecified atom stereocenters. The van der Waals surface area contributed by atoms with E-state index >= 15 is 0 Å². The van der Waals surface area contributed by atoms with Gasteiger partial charge in [-0.25, -0.2) is 24.0 Å². The Morgan fingerprint density at radius 1 is 0.861 bits per heavy atom. The molecule has 2 spiro atoms. The molecule has 2 saturated heterocycles. The standard InChI is InChI=1S/C56H73N7O16/c1-33(2)47(61-42(64)13-7-6-10-26-63-43(65)20-21-44(63)66)50(70)60-38(12-11-25-58-52(57)72)49(69)59-37-18-16-36(17-19-37)30-75-53(73)62-48-35(4)23-27-74-45(67)14-8-9-15-46(68)79-39-29-41-56(32-77-56)54(39,5)55(31-76-51(48)71)24-22-34(3)28-40(55)78-41/h8-9,14-21,28,33,35,38-41,47-48H,6-7,10-13,22-27,29-32H2,1-5H3,(H,59,69)(H,60,70)(H,61,64)(H,62,73)(H3,57,58,72)/b14-8+,15-9-/t35-,38+,39-,40?,41-,47+,48-,54-,55-,56+/m1/s1. The summed E-state index contributed by atoms with van der Waals surface area (Å²) in [7, 11) is 0. The first-order valence-electron chi connectivity index (χ1n) is 27.0. The fraction of sp³-hybridized carbons (Fsp3) is 0.571. The number of epoxide rings is 1. The summed E-state index contributed by atoms with van der Waals surface area (Å²) in [6, 6.07) is 2.20. The Kier molecular flexibility index (Phi) is 19.5. The molecule has 7 rings (SSSR count). The Balaban J connectivity index is 0.963. The third kappa shape index (κ3) is 14.1. The first-order valence-corrected chi connectivity index (χ1v) is 27.0. The maximum atomic E-state index is 14.4. The summed E-state index contributed by atoms with van der Waals surface area (Å²) in [5, 5.41) is 13.4. The van der Waals surface area contributed by atoms with Crippen LogP contribution < -0.4 is 32.3 Å². The number of allylic oxidation sites excluding steroid dienone is 3. The zero-order valence-electron chi connectivity index (χ0n) is 45.3. The number of rotatable bonds is 19. The highest BCUT2D eigenvalue weighted by Crippen LogP contribution is 2.72. The van der Waals surface area contributed by atoms with E-state index in [9.17, 15) is 47.9 Å². The lowest BCUT2D eigenvalue weighted by Crippen LogP contribution is -2.67. The molecule has 6 aliphatic rings. The molecular weight excluding hydrogens is 1030 g/mol. The van der Waals surface area contributed by atoms with Crippen LogP contribution in [0.2, 0.25) is 0 Å². The molecule has 1 aromatic carbocycles. The van der Waals surface area contributed by atoms with E-state index in [0.717, 1.165) is 16.5 Å². The number of nitrogens with one attached hydrogen (secondary N) is 5.